The van der Waals surface area contributed by atoms with Crippen molar-refractivity contribution in [2.24, 2.45) is 17.6 Å². The molecule has 0 spiro atoms. The normalized spacial score (nSPS) is 19.5. The Hall–Kier alpha value is -1.50. The molecule has 1 saturated carbocycles. The molecular weight excluding hydrogens is 332 g/mol. The largest absolute Gasteiger partial charge is 0.493 e. The Labute approximate surface area is 149 Å². The topological polar surface area (TPSA) is 82.8 Å². The van der Waals surface area contributed by atoms with Crippen molar-refractivity contribution in [3.8, 4) is 11.5 Å². The summed E-state index contributed by atoms with van der Waals surface area (Å²) in [5.41, 5.74) is 6.46. The molecule has 7 heteroatoms. The van der Waals surface area contributed by atoms with Crippen LogP contribution in [0.2, 0.25) is 0 Å². The Kier molecular flexibility index (Phi) is 8.89. The number of ether oxygens (including phenoxy) is 3. The van der Waals surface area contributed by atoms with Crippen molar-refractivity contribution < 1.29 is 19.0 Å². The molecule has 0 radical (unpaired) electrons. The van der Waals surface area contributed by atoms with E-state index in [0.717, 1.165) is 19.3 Å². The number of carbonyl (C=O) groups excluding carboxylic acids is 1. The molecule has 1 aromatic carbocycles. The van der Waals surface area contributed by atoms with Crippen LogP contribution in [0.15, 0.2) is 18.2 Å². The van der Waals surface area contributed by atoms with E-state index in [1.807, 2.05) is 6.07 Å². The van der Waals surface area contributed by atoms with Crippen molar-refractivity contribution in [2.75, 3.05) is 39.3 Å². The molecular formula is C17H27ClN2O4. The number of carbonyl (C=O) groups is 1. The lowest BCUT2D eigenvalue weighted by molar-refractivity contribution is -0.120. The molecule has 1 fully saturated rings. The van der Waals surface area contributed by atoms with E-state index in [2.05, 4.69) is 5.32 Å². The molecule has 3 N–H and O–H groups in total. The van der Waals surface area contributed by atoms with Gasteiger partial charge in [0, 0.05) is 24.8 Å². The second-order valence-electron chi connectivity index (χ2n) is 5.73. The van der Waals surface area contributed by atoms with Crippen molar-refractivity contribution in [2.45, 2.75) is 19.3 Å². The summed E-state index contributed by atoms with van der Waals surface area (Å²) in [7, 11) is 3.20. The van der Waals surface area contributed by atoms with Gasteiger partial charge in [-0.1, -0.05) is 6.42 Å². The first-order chi connectivity index (χ1) is 11.2. The van der Waals surface area contributed by atoms with Gasteiger partial charge in [-0.05, 0) is 37.4 Å². The summed E-state index contributed by atoms with van der Waals surface area (Å²) >= 11 is 0. The van der Waals surface area contributed by atoms with E-state index >= 15 is 0 Å². The molecule has 136 valence electrons. The molecule has 0 unspecified atom stereocenters. The smallest absolute Gasteiger partial charge is 0.227 e. The van der Waals surface area contributed by atoms with Gasteiger partial charge in [-0.2, -0.15) is 0 Å². The summed E-state index contributed by atoms with van der Waals surface area (Å²) in [6.07, 6.45) is 3.00. The Morgan fingerprint density at radius 3 is 2.71 bits per heavy atom. The van der Waals surface area contributed by atoms with E-state index in [4.69, 9.17) is 19.9 Å². The fraction of sp³-hybridized carbons (Fsp3) is 0.588. The maximum absolute atomic E-state index is 12.5. The van der Waals surface area contributed by atoms with Crippen LogP contribution in [0, 0.1) is 11.8 Å². The van der Waals surface area contributed by atoms with Gasteiger partial charge in [0.15, 0.2) is 11.5 Å². The monoisotopic (exact) mass is 358 g/mol. The fourth-order valence-corrected chi connectivity index (χ4v) is 3.00. The summed E-state index contributed by atoms with van der Waals surface area (Å²) in [6, 6.07) is 5.37. The Morgan fingerprint density at radius 2 is 2.04 bits per heavy atom. The van der Waals surface area contributed by atoms with Crippen LogP contribution in [-0.4, -0.2) is 39.9 Å². The average molecular weight is 359 g/mol. The number of hydrogen-bond acceptors (Lipinski definition) is 5. The van der Waals surface area contributed by atoms with E-state index in [-0.39, 0.29) is 30.2 Å². The minimum atomic E-state index is -0.0000357. The van der Waals surface area contributed by atoms with E-state index in [1.165, 1.54) is 0 Å². The number of nitrogens with two attached hydrogens (primary N) is 1. The Bertz CT molecular complexity index is 527. The van der Waals surface area contributed by atoms with Crippen molar-refractivity contribution in [1.29, 1.82) is 0 Å². The maximum Gasteiger partial charge on any atom is 0.227 e. The Morgan fingerprint density at radius 1 is 1.25 bits per heavy atom. The number of anilines is 1. The second kappa shape index (κ2) is 10.4. The van der Waals surface area contributed by atoms with Crippen LogP contribution in [0.1, 0.15) is 19.3 Å². The van der Waals surface area contributed by atoms with E-state index < -0.39 is 0 Å². The quantitative estimate of drug-likeness (QED) is 0.697. The molecule has 0 aliphatic heterocycles. The summed E-state index contributed by atoms with van der Waals surface area (Å²) in [5, 5.41) is 2.97. The molecule has 1 amide bonds. The molecule has 1 aromatic rings. The molecule has 24 heavy (non-hydrogen) atoms. The third-order valence-corrected chi connectivity index (χ3v) is 4.27. The lowest BCUT2D eigenvalue weighted by Gasteiger charge is -2.18. The number of benzene rings is 1. The highest BCUT2D eigenvalue weighted by atomic mass is 35.5. The lowest BCUT2D eigenvalue weighted by atomic mass is 9.95. The SMILES string of the molecule is COCCOc1cc(NC(=O)[C@@H]2CCC[C@@H]2CN)ccc1OC.Cl. The summed E-state index contributed by atoms with van der Waals surface area (Å²) in [6.45, 7) is 1.47. The minimum absolute atomic E-state index is 0. The zero-order valence-electron chi connectivity index (χ0n) is 14.2. The van der Waals surface area contributed by atoms with E-state index in [9.17, 15) is 4.79 Å². The summed E-state index contributed by atoms with van der Waals surface area (Å²) in [4.78, 5) is 12.5. The summed E-state index contributed by atoms with van der Waals surface area (Å²) in [5.74, 6) is 1.53. The number of methoxy groups -OCH3 is 2. The van der Waals surface area contributed by atoms with Crippen LogP contribution < -0.4 is 20.5 Å². The van der Waals surface area contributed by atoms with Crippen LogP contribution in [0.25, 0.3) is 0 Å². The molecule has 0 aromatic heterocycles. The highest BCUT2D eigenvalue weighted by Gasteiger charge is 2.31. The molecule has 0 bridgehead atoms. The molecule has 1 aliphatic rings. The van der Waals surface area contributed by atoms with Gasteiger partial charge in [0.2, 0.25) is 5.91 Å². The van der Waals surface area contributed by atoms with Gasteiger partial charge in [0.05, 0.1) is 13.7 Å². The molecule has 1 aliphatic carbocycles. The van der Waals surface area contributed by atoms with Gasteiger partial charge in [0.1, 0.15) is 6.61 Å². The van der Waals surface area contributed by atoms with Gasteiger partial charge in [-0.15, -0.1) is 12.4 Å². The standard InChI is InChI=1S/C17H26N2O4.ClH/c1-21-8-9-23-16-10-13(6-7-15(16)22-2)19-17(20)14-5-3-4-12(14)11-18;/h6-7,10,12,14H,3-5,8-9,11,18H2,1-2H3,(H,19,20);1H/t12-,14-;/m1./s1. The number of rotatable bonds is 8. The molecule has 0 heterocycles. The predicted octanol–water partition coefficient (Wildman–Crippen LogP) is 2.46. The first kappa shape index (κ1) is 20.5. The van der Waals surface area contributed by atoms with Crippen molar-refractivity contribution in [1.82, 2.24) is 0 Å². The lowest BCUT2D eigenvalue weighted by Crippen LogP contribution is -2.29. The maximum atomic E-state index is 12.5. The second-order valence-corrected chi connectivity index (χ2v) is 5.73. The highest BCUT2D eigenvalue weighted by molar-refractivity contribution is 5.93. The molecule has 2 rings (SSSR count). The van der Waals surface area contributed by atoms with Crippen LogP contribution in [-0.2, 0) is 9.53 Å². The van der Waals surface area contributed by atoms with Crippen molar-refractivity contribution >= 4 is 24.0 Å². The fourth-order valence-electron chi connectivity index (χ4n) is 3.00. The van der Waals surface area contributed by atoms with Crippen LogP contribution in [0.3, 0.4) is 0 Å². The first-order valence-corrected chi connectivity index (χ1v) is 8.00. The van der Waals surface area contributed by atoms with Crippen molar-refractivity contribution in [3.63, 3.8) is 0 Å². The third kappa shape index (κ3) is 5.26. The highest BCUT2D eigenvalue weighted by Crippen LogP contribution is 2.34. The third-order valence-electron chi connectivity index (χ3n) is 4.27. The average Bonchev–Trinajstić information content (AvgIpc) is 3.04. The van der Waals surface area contributed by atoms with Crippen LogP contribution >= 0.6 is 12.4 Å². The Balaban J connectivity index is 0.00000288. The van der Waals surface area contributed by atoms with Gasteiger partial charge < -0.3 is 25.3 Å². The number of hydrogen-bond donors (Lipinski definition) is 2. The van der Waals surface area contributed by atoms with Gasteiger partial charge in [0.25, 0.3) is 0 Å². The zero-order chi connectivity index (χ0) is 16.7. The summed E-state index contributed by atoms with van der Waals surface area (Å²) < 4.78 is 15.9. The molecule has 6 nitrogen and oxygen atoms in total. The minimum Gasteiger partial charge on any atom is -0.493 e. The predicted molar refractivity (Wildman–Crippen MR) is 96.1 cm³/mol. The van der Waals surface area contributed by atoms with Crippen LogP contribution in [0.4, 0.5) is 5.69 Å². The molecule has 0 saturated heterocycles. The first-order valence-electron chi connectivity index (χ1n) is 8.00. The zero-order valence-corrected chi connectivity index (χ0v) is 15.1. The van der Waals surface area contributed by atoms with Gasteiger partial charge in [-0.3, -0.25) is 4.79 Å². The van der Waals surface area contributed by atoms with Gasteiger partial charge >= 0.3 is 0 Å². The number of halogens is 1. The van der Waals surface area contributed by atoms with E-state index in [1.54, 1.807) is 26.4 Å². The van der Waals surface area contributed by atoms with Crippen molar-refractivity contribution in [3.05, 3.63) is 18.2 Å². The number of nitrogens with one attached hydrogen (secondary N) is 1. The molecule has 2 atom stereocenters. The van der Waals surface area contributed by atoms with E-state index in [0.29, 0.717) is 36.9 Å². The van der Waals surface area contributed by atoms with Gasteiger partial charge in [-0.25, -0.2) is 0 Å². The van der Waals surface area contributed by atoms with Crippen LogP contribution in [0.5, 0.6) is 11.5 Å². The number of amides is 1.